The highest BCUT2D eigenvalue weighted by molar-refractivity contribution is 9.11. The Morgan fingerprint density at radius 2 is 2.16 bits per heavy atom. The second kappa shape index (κ2) is 4.32. The summed E-state index contributed by atoms with van der Waals surface area (Å²) < 4.78 is 1.03. The molecule has 1 aliphatic carbocycles. The van der Waals surface area contributed by atoms with Crippen molar-refractivity contribution in [1.82, 2.24) is 4.90 Å². The van der Waals surface area contributed by atoms with Gasteiger partial charge in [-0.2, -0.15) is 0 Å². The first-order chi connectivity index (χ1) is 8.78. The number of hydrogen-bond donors (Lipinski definition) is 0. The lowest BCUT2D eigenvalue weighted by Crippen LogP contribution is -2.37. The van der Waals surface area contributed by atoms with E-state index in [1.165, 1.54) is 12.8 Å². The van der Waals surface area contributed by atoms with Gasteiger partial charge in [0.25, 0.3) is 5.91 Å². The molecule has 2 heterocycles. The van der Waals surface area contributed by atoms with Crippen molar-refractivity contribution in [3.05, 3.63) is 20.8 Å². The zero-order valence-corrected chi connectivity index (χ0v) is 14.1. The molecule has 0 aromatic carbocycles. The highest BCUT2D eigenvalue weighted by Gasteiger charge is 2.51. The van der Waals surface area contributed by atoms with Crippen LogP contribution in [0, 0.1) is 10.8 Å². The predicted molar refractivity (Wildman–Crippen MR) is 82.6 cm³/mol. The Hall–Kier alpha value is -0.350. The second-order valence-electron chi connectivity index (χ2n) is 7.29. The molecule has 1 amide bonds. The van der Waals surface area contributed by atoms with Gasteiger partial charge in [0.05, 0.1) is 9.35 Å². The van der Waals surface area contributed by atoms with Crippen LogP contribution in [0.25, 0.3) is 0 Å². The van der Waals surface area contributed by atoms with Gasteiger partial charge >= 0.3 is 0 Å². The average molecular weight is 342 g/mol. The van der Waals surface area contributed by atoms with E-state index in [1.54, 1.807) is 11.3 Å². The van der Waals surface area contributed by atoms with Gasteiger partial charge in [-0.3, -0.25) is 4.79 Å². The third kappa shape index (κ3) is 2.49. The first-order valence-electron chi connectivity index (χ1n) is 6.83. The van der Waals surface area contributed by atoms with Gasteiger partial charge in [0.2, 0.25) is 0 Å². The SMILES string of the molecule is CC1(C)CC2CC(C)(CN2C(=O)c2csc(Br)c2)C1. The van der Waals surface area contributed by atoms with Crippen LogP contribution in [-0.4, -0.2) is 23.4 Å². The van der Waals surface area contributed by atoms with Crippen LogP contribution in [0.15, 0.2) is 15.2 Å². The molecular formula is C15H20BrNOS. The smallest absolute Gasteiger partial charge is 0.255 e. The van der Waals surface area contributed by atoms with Crippen LogP contribution in [0.1, 0.15) is 50.4 Å². The van der Waals surface area contributed by atoms with Crippen molar-refractivity contribution in [2.45, 2.75) is 46.1 Å². The molecule has 104 valence electrons. The van der Waals surface area contributed by atoms with E-state index in [-0.39, 0.29) is 5.91 Å². The van der Waals surface area contributed by atoms with Crippen LogP contribution < -0.4 is 0 Å². The van der Waals surface area contributed by atoms with Crippen molar-refractivity contribution < 1.29 is 4.79 Å². The maximum absolute atomic E-state index is 12.7. The van der Waals surface area contributed by atoms with Gasteiger partial charge in [-0.05, 0) is 52.1 Å². The van der Waals surface area contributed by atoms with Gasteiger partial charge in [-0.25, -0.2) is 0 Å². The molecule has 0 radical (unpaired) electrons. The number of hydrogen-bond acceptors (Lipinski definition) is 2. The van der Waals surface area contributed by atoms with E-state index in [9.17, 15) is 4.79 Å². The number of rotatable bonds is 1. The Labute approximate surface area is 127 Å². The van der Waals surface area contributed by atoms with Crippen LogP contribution in [-0.2, 0) is 0 Å². The standard InChI is InChI=1S/C15H20BrNOS/c1-14(2)5-11-6-15(3,8-14)9-17(11)13(18)10-4-12(16)19-7-10/h4,7,11H,5-6,8-9H2,1-3H3. The van der Waals surface area contributed by atoms with Gasteiger partial charge in [-0.15, -0.1) is 11.3 Å². The summed E-state index contributed by atoms with van der Waals surface area (Å²) in [6.07, 6.45) is 3.54. The van der Waals surface area contributed by atoms with E-state index in [2.05, 4.69) is 41.6 Å². The van der Waals surface area contributed by atoms with Crippen LogP contribution >= 0.6 is 27.3 Å². The molecule has 2 fully saturated rings. The van der Waals surface area contributed by atoms with Crippen molar-refractivity contribution in [3.8, 4) is 0 Å². The molecule has 2 nitrogen and oxygen atoms in total. The summed E-state index contributed by atoms with van der Waals surface area (Å²) in [7, 11) is 0. The zero-order chi connectivity index (χ0) is 13.8. The third-order valence-electron chi connectivity index (χ3n) is 4.49. The van der Waals surface area contributed by atoms with Crippen LogP contribution in [0.2, 0.25) is 0 Å². The summed E-state index contributed by atoms with van der Waals surface area (Å²) in [5.74, 6) is 0.216. The van der Waals surface area contributed by atoms with E-state index in [0.29, 0.717) is 16.9 Å². The number of fused-ring (bicyclic) bond motifs is 2. The fraction of sp³-hybridized carbons (Fsp3) is 0.667. The molecule has 2 bridgehead atoms. The summed E-state index contributed by atoms with van der Waals surface area (Å²) in [5.41, 5.74) is 1.52. The monoisotopic (exact) mass is 341 g/mol. The van der Waals surface area contributed by atoms with Gasteiger partial charge in [-0.1, -0.05) is 20.8 Å². The van der Waals surface area contributed by atoms with Gasteiger partial charge in [0.15, 0.2) is 0 Å². The van der Waals surface area contributed by atoms with Crippen molar-refractivity contribution in [2.24, 2.45) is 10.8 Å². The highest BCUT2D eigenvalue weighted by Crippen LogP contribution is 2.52. The van der Waals surface area contributed by atoms with Crippen LogP contribution in [0.4, 0.5) is 0 Å². The normalized spacial score (nSPS) is 32.6. The lowest BCUT2D eigenvalue weighted by atomic mass is 9.65. The molecule has 0 N–H and O–H groups in total. The fourth-order valence-electron chi connectivity index (χ4n) is 4.29. The second-order valence-corrected chi connectivity index (χ2v) is 9.58. The molecule has 1 saturated carbocycles. The third-order valence-corrected chi connectivity index (χ3v) is 5.99. The Kier molecular flexibility index (Phi) is 3.10. The summed E-state index contributed by atoms with van der Waals surface area (Å²) in [6.45, 7) is 7.95. The quantitative estimate of drug-likeness (QED) is 0.733. The molecule has 1 aromatic heterocycles. The van der Waals surface area contributed by atoms with Crippen molar-refractivity contribution >= 4 is 33.2 Å². The number of amides is 1. The topological polar surface area (TPSA) is 20.3 Å². The van der Waals surface area contributed by atoms with Crippen LogP contribution in [0.3, 0.4) is 0 Å². The molecule has 1 aromatic rings. The van der Waals surface area contributed by atoms with Gasteiger partial charge in [0, 0.05) is 18.0 Å². The van der Waals surface area contributed by atoms with E-state index >= 15 is 0 Å². The summed E-state index contributed by atoms with van der Waals surface area (Å²) in [4.78, 5) is 14.8. The molecule has 0 spiro atoms. The average Bonchev–Trinajstić information content (AvgIpc) is 2.78. The lowest BCUT2D eigenvalue weighted by Gasteiger charge is -2.39. The number of halogens is 1. The van der Waals surface area contributed by atoms with E-state index in [4.69, 9.17) is 0 Å². The van der Waals surface area contributed by atoms with Crippen molar-refractivity contribution in [3.63, 3.8) is 0 Å². The molecule has 1 aliphatic heterocycles. The number of likely N-dealkylation sites (tertiary alicyclic amines) is 1. The van der Waals surface area contributed by atoms with E-state index in [0.717, 1.165) is 22.3 Å². The molecule has 2 unspecified atom stereocenters. The van der Waals surface area contributed by atoms with Crippen molar-refractivity contribution in [1.29, 1.82) is 0 Å². The molecule has 19 heavy (non-hydrogen) atoms. The molecule has 2 aliphatic rings. The van der Waals surface area contributed by atoms with Gasteiger partial charge in [0.1, 0.15) is 0 Å². The molecule has 3 rings (SSSR count). The first kappa shape index (κ1) is 13.6. The lowest BCUT2D eigenvalue weighted by molar-refractivity contribution is 0.0708. The molecule has 4 heteroatoms. The van der Waals surface area contributed by atoms with Gasteiger partial charge < -0.3 is 4.90 Å². The van der Waals surface area contributed by atoms with E-state index < -0.39 is 0 Å². The summed E-state index contributed by atoms with van der Waals surface area (Å²) in [5, 5.41) is 1.96. The number of nitrogens with zero attached hydrogens (tertiary/aromatic N) is 1. The van der Waals surface area contributed by atoms with Crippen molar-refractivity contribution in [2.75, 3.05) is 6.54 Å². The Balaban J connectivity index is 1.86. The molecule has 1 saturated heterocycles. The number of thiophene rings is 1. The minimum absolute atomic E-state index is 0.216. The van der Waals surface area contributed by atoms with Crippen LogP contribution in [0.5, 0.6) is 0 Å². The predicted octanol–water partition coefficient (Wildman–Crippen LogP) is 4.55. The Bertz CT molecular complexity index is 524. The minimum Gasteiger partial charge on any atom is -0.335 e. The number of carbonyl (C=O) groups is 1. The Morgan fingerprint density at radius 1 is 1.42 bits per heavy atom. The van der Waals surface area contributed by atoms with E-state index in [1.807, 2.05) is 11.4 Å². The number of carbonyl (C=O) groups excluding carboxylic acids is 1. The summed E-state index contributed by atoms with van der Waals surface area (Å²) >= 11 is 5.03. The largest absolute Gasteiger partial charge is 0.335 e. The highest BCUT2D eigenvalue weighted by atomic mass is 79.9. The maximum atomic E-state index is 12.7. The summed E-state index contributed by atoms with van der Waals surface area (Å²) in [6, 6.07) is 2.38. The molecule has 2 atom stereocenters. The fourth-order valence-corrected chi connectivity index (χ4v) is 5.42. The maximum Gasteiger partial charge on any atom is 0.255 e. The minimum atomic E-state index is 0.216. The Morgan fingerprint density at radius 3 is 2.79 bits per heavy atom. The zero-order valence-electron chi connectivity index (χ0n) is 11.7. The molecular weight excluding hydrogens is 322 g/mol. The first-order valence-corrected chi connectivity index (χ1v) is 8.50.